The number of aromatic nitrogens is 1. The molecule has 1 amide bonds. The normalized spacial score (nSPS) is 19.5. The van der Waals surface area contributed by atoms with E-state index in [9.17, 15) is 4.79 Å². The highest BCUT2D eigenvalue weighted by Gasteiger charge is 2.22. The number of rotatable bonds is 6. The van der Waals surface area contributed by atoms with Crippen LogP contribution < -0.4 is 16.0 Å². The lowest BCUT2D eigenvalue weighted by molar-refractivity contribution is -0.120. The fourth-order valence-electron chi connectivity index (χ4n) is 3.41. The average Bonchev–Trinajstić information content (AvgIpc) is 3.53. The molecule has 2 fully saturated rings. The van der Waals surface area contributed by atoms with Gasteiger partial charge in [0.15, 0.2) is 0 Å². The molecule has 1 saturated heterocycles. The summed E-state index contributed by atoms with van der Waals surface area (Å²) >= 11 is 6.40. The van der Waals surface area contributed by atoms with E-state index in [4.69, 9.17) is 11.6 Å². The number of anilines is 2. The molecule has 1 atom stereocenters. The number of hydrogen-bond acceptors (Lipinski definition) is 4. The van der Waals surface area contributed by atoms with Gasteiger partial charge in [0.05, 0.1) is 10.9 Å². The number of piperidine rings is 1. The Morgan fingerprint density at radius 2 is 2.15 bits per heavy atom. The van der Waals surface area contributed by atoms with Gasteiger partial charge in [-0.2, -0.15) is 0 Å². The molecule has 5 nitrogen and oxygen atoms in total. The van der Waals surface area contributed by atoms with Gasteiger partial charge in [-0.1, -0.05) is 23.7 Å². The molecule has 1 aromatic heterocycles. The zero-order valence-corrected chi connectivity index (χ0v) is 16.1. The van der Waals surface area contributed by atoms with E-state index in [0.717, 1.165) is 55.2 Å². The molecule has 27 heavy (non-hydrogen) atoms. The summed E-state index contributed by atoms with van der Waals surface area (Å²) in [5.74, 6) is 1.37. The lowest BCUT2D eigenvalue weighted by Gasteiger charge is -2.21. The Morgan fingerprint density at radius 1 is 1.26 bits per heavy atom. The van der Waals surface area contributed by atoms with Crippen LogP contribution in [0.3, 0.4) is 0 Å². The predicted octanol–water partition coefficient (Wildman–Crippen LogP) is 4.16. The van der Waals surface area contributed by atoms with Crippen molar-refractivity contribution in [1.29, 1.82) is 0 Å². The summed E-state index contributed by atoms with van der Waals surface area (Å²) in [5, 5.41) is 10.3. The van der Waals surface area contributed by atoms with Gasteiger partial charge in [-0.15, -0.1) is 0 Å². The molecule has 1 saturated carbocycles. The largest absolute Gasteiger partial charge is 0.385 e. The Hall–Kier alpha value is -2.11. The first-order chi connectivity index (χ1) is 13.2. The molecule has 2 aromatic rings. The monoisotopic (exact) mass is 384 g/mol. The molecule has 2 aliphatic rings. The minimum atomic E-state index is -0.00497. The van der Waals surface area contributed by atoms with Crippen molar-refractivity contribution in [2.45, 2.75) is 25.7 Å². The summed E-state index contributed by atoms with van der Waals surface area (Å²) in [5.41, 5.74) is 2.97. The molecule has 4 rings (SSSR count). The molecule has 6 heteroatoms. The first kappa shape index (κ1) is 18.3. The molecule has 0 spiro atoms. The van der Waals surface area contributed by atoms with Crippen LogP contribution in [-0.4, -0.2) is 30.5 Å². The van der Waals surface area contributed by atoms with Crippen molar-refractivity contribution in [3.05, 3.63) is 41.6 Å². The first-order valence-corrected chi connectivity index (χ1v) is 10.1. The van der Waals surface area contributed by atoms with Crippen molar-refractivity contribution in [2.24, 2.45) is 11.8 Å². The minimum absolute atomic E-state index is 0.00497. The summed E-state index contributed by atoms with van der Waals surface area (Å²) in [6.45, 7) is 2.73. The van der Waals surface area contributed by atoms with Crippen molar-refractivity contribution in [1.82, 2.24) is 10.3 Å². The number of amides is 1. The van der Waals surface area contributed by atoms with Crippen molar-refractivity contribution in [3.8, 4) is 11.1 Å². The standard InChI is InChI=1S/C21H25ClN4O/c22-19-13-25-20(26-21(27)16-4-2-8-23-12-16)10-18(19)15-3-1-5-17(9-15)24-11-14-6-7-14/h1,3,5,9-10,13-14,16,23-24H,2,4,6-8,11-12H2,(H,25,26,27). The van der Waals surface area contributed by atoms with Crippen LogP contribution in [0.5, 0.6) is 0 Å². The van der Waals surface area contributed by atoms with E-state index in [1.807, 2.05) is 18.2 Å². The number of halogens is 1. The number of nitrogens with one attached hydrogen (secondary N) is 3. The third-order valence-corrected chi connectivity index (χ3v) is 5.54. The zero-order valence-electron chi connectivity index (χ0n) is 15.3. The molecule has 1 aliphatic carbocycles. The van der Waals surface area contributed by atoms with Crippen molar-refractivity contribution >= 4 is 29.0 Å². The lowest BCUT2D eigenvalue weighted by atomic mass is 9.99. The third-order valence-electron chi connectivity index (χ3n) is 5.24. The average molecular weight is 385 g/mol. The van der Waals surface area contributed by atoms with Crippen LogP contribution >= 0.6 is 11.6 Å². The highest BCUT2D eigenvalue weighted by molar-refractivity contribution is 6.33. The van der Waals surface area contributed by atoms with Crippen LogP contribution in [-0.2, 0) is 4.79 Å². The Morgan fingerprint density at radius 3 is 2.93 bits per heavy atom. The van der Waals surface area contributed by atoms with Gasteiger partial charge in [-0.05, 0) is 61.9 Å². The smallest absolute Gasteiger partial charge is 0.229 e. The second-order valence-corrected chi connectivity index (χ2v) is 7.89. The fraction of sp³-hybridized carbons (Fsp3) is 0.429. The van der Waals surface area contributed by atoms with E-state index in [1.54, 1.807) is 6.20 Å². The number of carbonyl (C=O) groups is 1. The SMILES string of the molecule is O=C(Nc1cc(-c2cccc(NCC3CC3)c2)c(Cl)cn1)C1CCCNC1. The van der Waals surface area contributed by atoms with E-state index < -0.39 is 0 Å². The first-order valence-electron chi connectivity index (χ1n) is 9.70. The predicted molar refractivity (Wildman–Crippen MR) is 110 cm³/mol. The van der Waals surface area contributed by atoms with Gasteiger partial charge in [0.2, 0.25) is 5.91 Å². The maximum Gasteiger partial charge on any atom is 0.229 e. The molecule has 142 valence electrons. The van der Waals surface area contributed by atoms with Crippen molar-refractivity contribution in [2.75, 3.05) is 30.3 Å². The van der Waals surface area contributed by atoms with Crippen LogP contribution in [0.4, 0.5) is 11.5 Å². The van der Waals surface area contributed by atoms with E-state index in [-0.39, 0.29) is 11.8 Å². The van der Waals surface area contributed by atoms with Crippen LogP contribution in [0, 0.1) is 11.8 Å². The molecule has 0 bridgehead atoms. The van der Waals surface area contributed by atoms with Gasteiger partial charge in [-0.25, -0.2) is 4.98 Å². The number of hydrogen-bond donors (Lipinski definition) is 3. The van der Waals surface area contributed by atoms with Crippen molar-refractivity contribution < 1.29 is 4.79 Å². The minimum Gasteiger partial charge on any atom is -0.385 e. The van der Waals surface area contributed by atoms with Gasteiger partial charge >= 0.3 is 0 Å². The Balaban J connectivity index is 1.49. The summed E-state index contributed by atoms with van der Waals surface area (Å²) in [6.07, 6.45) is 6.19. The van der Waals surface area contributed by atoms with E-state index in [2.05, 4.69) is 33.1 Å². The fourth-order valence-corrected chi connectivity index (χ4v) is 3.63. The summed E-state index contributed by atoms with van der Waals surface area (Å²) in [7, 11) is 0. The Labute approximate surface area is 164 Å². The van der Waals surface area contributed by atoms with Crippen LogP contribution in [0.1, 0.15) is 25.7 Å². The van der Waals surface area contributed by atoms with Gasteiger partial charge in [-0.3, -0.25) is 4.79 Å². The van der Waals surface area contributed by atoms with Gasteiger partial charge in [0.25, 0.3) is 0 Å². The molecular weight excluding hydrogens is 360 g/mol. The zero-order chi connectivity index (χ0) is 18.6. The summed E-state index contributed by atoms with van der Waals surface area (Å²) < 4.78 is 0. The Kier molecular flexibility index (Phi) is 5.60. The third kappa shape index (κ3) is 4.79. The molecule has 1 aliphatic heterocycles. The number of benzene rings is 1. The second-order valence-electron chi connectivity index (χ2n) is 7.49. The maximum atomic E-state index is 12.5. The van der Waals surface area contributed by atoms with Crippen molar-refractivity contribution in [3.63, 3.8) is 0 Å². The van der Waals surface area contributed by atoms with Crippen LogP contribution in [0.15, 0.2) is 36.5 Å². The highest BCUT2D eigenvalue weighted by atomic mass is 35.5. The summed E-state index contributed by atoms with van der Waals surface area (Å²) in [6, 6.07) is 10.1. The second kappa shape index (κ2) is 8.28. The number of carbonyl (C=O) groups excluding carboxylic acids is 1. The van der Waals surface area contributed by atoms with Gasteiger partial charge < -0.3 is 16.0 Å². The lowest BCUT2D eigenvalue weighted by Crippen LogP contribution is -2.37. The quantitative estimate of drug-likeness (QED) is 0.699. The molecule has 3 N–H and O–H groups in total. The topological polar surface area (TPSA) is 66.0 Å². The molecule has 0 radical (unpaired) electrons. The van der Waals surface area contributed by atoms with E-state index >= 15 is 0 Å². The molecule has 2 heterocycles. The van der Waals surface area contributed by atoms with Gasteiger partial charge in [0.1, 0.15) is 5.82 Å². The van der Waals surface area contributed by atoms with Gasteiger partial charge in [0, 0.05) is 30.5 Å². The van der Waals surface area contributed by atoms with Crippen LogP contribution in [0.2, 0.25) is 5.02 Å². The summed E-state index contributed by atoms with van der Waals surface area (Å²) in [4.78, 5) is 16.8. The number of nitrogens with zero attached hydrogens (tertiary/aromatic N) is 1. The van der Waals surface area contributed by atoms with E-state index in [1.165, 1.54) is 12.8 Å². The highest BCUT2D eigenvalue weighted by Crippen LogP contribution is 2.32. The molecular formula is C21H25ClN4O. The molecule has 1 unspecified atom stereocenters. The van der Waals surface area contributed by atoms with E-state index in [0.29, 0.717) is 10.8 Å². The number of pyridine rings is 1. The Bertz CT molecular complexity index is 816. The molecule has 1 aromatic carbocycles. The van der Waals surface area contributed by atoms with Crippen LogP contribution in [0.25, 0.3) is 11.1 Å². The maximum absolute atomic E-state index is 12.5.